The van der Waals surface area contributed by atoms with Crippen molar-refractivity contribution >= 4 is 11.6 Å². The molecule has 0 radical (unpaired) electrons. The minimum absolute atomic E-state index is 0.00705. The van der Waals surface area contributed by atoms with E-state index in [0.717, 1.165) is 11.3 Å². The van der Waals surface area contributed by atoms with Crippen LogP contribution >= 0.6 is 0 Å². The molecule has 0 fully saturated rings. The highest BCUT2D eigenvalue weighted by Gasteiger charge is 2.25. The van der Waals surface area contributed by atoms with E-state index in [0.29, 0.717) is 11.4 Å². The van der Waals surface area contributed by atoms with Crippen LogP contribution in [0, 0.1) is 12.8 Å². The second kappa shape index (κ2) is 10.0. The van der Waals surface area contributed by atoms with E-state index < -0.39 is 6.04 Å². The fourth-order valence-electron chi connectivity index (χ4n) is 4.15. The van der Waals surface area contributed by atoms with Gasteiger partial charge in [-0.2, -0.15) is 0 Å². The largest absolute Gasteiger partial charge is 0.319 e. The molecule has 0 spiro atoms. The molecule has 0 unspecified atom stereocenters. The van der Waals surface area contributed by atoms with Crippen molar-refractivity contribution in [1.29, 1.82) is 0 Å². The molecule has 0 aliphatic carbocycles. The number of anilines is 1. The number of carbonyl (C=O) groups is 1. The fraction of sp³-hybridized carbons (Fsp3) is 0.429. The number of aromatic nitrogens is 2. The molecule has 1 aromatic heterocycles. The normalized spacial score (nSPS) is 13.7. The van der Waals surface area contributed by atoms with E-state index in [1.165, 1.54) is 5.56 Å². The average Bonchev–Trinajstić information content (AvgIpc) is 3.00. The second-order valence-electron chi connectivity index (χ2n) is 10.4. The van der Waals surface area contributed by atoms with Crippen LogP contribution in [0.3, 0.4) is 0 Å². The summed E-state index contributed by atoms with van der Waals surface area (Å²) in [5.74, 6) is 0.0486. The summed E-state index contributed by atoms with van der Waals surface area (Å²) in [4.78, 5) is 26.3. The Morgan fingerprint density at radius 3 is 2.06 bits per heavy atom. The number of para-hydroxylation sites is 1. The van der Waals surface area contributed by atoms with Crippen molar-refractivity contribution in [2.45, 2.75) is 66.0 Å². The highest BCUT2D eigenvalue weighted by molar-refractivity contribution is 5.95. The number of amides is 1. The quantitative estimate of drug-likeness (QED) is 0.514. The van der Waals surface area contributed by atoms with E-state index in [2.05, 4.69) is 69.5 Å². The topological polar surface area (TPSA) is 68.1 Å². The predicted molar refractivity (Wildman–Crippen MR) is 140 cm³/mol. The summed E-state index contributed by atoms with van der Waals surface area (Å²) in [5, 5.41) is 6.35. The highest BCUT2D eigenvalue weighted by atomic mass is 16.2. The van der Waals surface area contributed by atoms with Gasteiger partial charge in [-0.05, 0) is 48.4 Å². The van der Waals surface area contributed by atoms with Gasteiger partial charge >= 0.3 is 0 Å². The molecule has 0 saturated heterocycles. The first-order valence-electron chi connectivity index (χ1n) is 11.9. The van der Waals surface area contributed by atoms with Crippen molar-refractivity contribution in [2.75, 3.05) is 5.32 Å². The van der Waals surface area contributed by atoms with E-state index in [1.54, 1.807) is 9.36 Å². The molecule has 0 aliphatic heterocycles. The van der Waals surface area contributed by atoms with E-state index in [1.807, 2.05) is 51.2 Å². The van der Waals surface area contributed by atoms with Gasteiger partial charge in [0, 0.05) is 13.1 Å². The molecule has 2 N–H and O–H groups in total. The third-order valence-corrected chi connectivity index (χ3v) is 6.43. The first-order chi connectivity index (χ1) is 15.9. The molecule has 182 valence electrons. The summed E-state index contributed by atoms with van der Waals surface area (Å²) < 4.78 is 3.33. The SMILES string of the molecule is Cc1c(NC(=O)[C@H](C)N[C@@H](c2ccc(C(C)(C)C)cc2)C(C)C)c(=O)n(-c2ccccc2)n1C. The van der Waals surface area contributed by atoms with Crippen molar-refractivity contribution in [3.05, 3.63) is 81.8 Å². The van der Waals surface area contributed by atoms with Crippen LogP contribution in [-0.4, -0.2) is 21.3 Å². The van der Waals surface area contributed by atoms with Crippen LogP contribution < -0.4 is 16.2 Å². The van der Waals surface area contributed by atoms with Gasteiger partial charge < -0.3 is 5.32 Å². The Hall–Kier alpha value is -3.12. The minimum atomic E-state index is -0.487. The van der Waals surface area contributed by atoms with Crippen LogP contribution in [-0.2, 0) is 17.3 Å². The zero-order valence-corrected chi connectivity index (χ0v) is 21.6. The smallest absolute Gasteiger partial charge is 0.295 e. The molecule has 0 aliphatic rings. The van der Waals surface area contributed by atoms with Crippen LogP contribution in [0.5, 0.6) is 0 Å². The Bertz CT molecular complexity index is 1180. The lowest BCUT2D eigenvalue weighted by Gasteiger charge is -2.27. The van der Waals surface area contributed by atoms with Gasteiger partial charge in [0.25, 0.3) is 5.56 Å². The summed E-state index contributed by atoms with van der Waals surface area (Å²) in [6, 6.07) is 17.5. The minimum Gasteiger partial charge on any atom is -0.319 e. The molecule has 1 amide bonds. The zero-order chi connectivity index (χ0) is 25.2. The van der Waals surface area contributed by atoms with Crippen LogP contribution in [0.25, 0.3) is 5.69 Å². The predicted octanol–water partition coefficient (Wildman–Crippen LogP) is 5.10. The standard InChI is InChI=1S/C28H38N4O2/c1-18(2)24(21-14-16-22(17-15-21)28(5,6)7)29-19(3)26(33)30-25-20(4)31(8)32(27(25)34)23-12-10-9-11-13-23/h9-19,24,29H,1-8H3,(H,30,33)/t19-,24+/m0/s1. The summed E-state index contributed by atoms with van der Waals surface area (Å²) in [6.45, 7) is 14.5. The number of benzene rings is 2. The number of nitrogens with one attached hydrogen (secondary N) is 2. The van der Waals surface area contributed by atoms with Gasteiger partial charge in [0.2, 0.25) is 5.91 Å². The Kier molecular flexibility index (Phi) is 7.51. The van der Waals surface area contributed by atoms with E-state index in [4.69, 9.17) is 0 Å². The monoisotopic (exact) mass is 462 g/mol. The number of nitrogens with zero attached hydrogens (tertiary/aromatic N) is 2. The van der Waals surface area contributed by atoms with Crippen LogP contribution in [0.4, 0.5) is 5.69 Å². The van der Waals surface area contributed by atoms with Crippen LogP contribution in [0.1, 0.15) is 64.4 Å². The van der Waals surface area contributed by atoms with E-state index >= 15 is 0 Å². The van der Waals surface area contributed by atoms with Gasteiger partial charge in [-0.25, -0.2) is 4.68 Å². The lowest BCUT2D eigenvalue weighted by atomic mass is 9.85. The summed E-state index contributed by atoms with van der Waals surface area (Å²) in [7, 11) is 1.82. The highest BCUT2D eigenvalue weighted by Crippen LogP contribution is 2.27. The lowest BCUT2D eigenvalue weighted by Crippen LogP contribution is -2.42. The van der Waals surface area contributed by atoms with Crippen LogP contribution in [0.2, 0.25) is 0 Å². The lowest BCUT2D eigenvalue weighted by molar-refractivity contribution is -0.118. The zero-order valence-electron chi connectivity index (χ0n) is 21.6. The number of hydrogen-bond donors (Lipinski definition) is 2. The Balaban J connectivity index is 1.80. The maximum Gasteiger partial charge on any atom is 0.295 e. The average molecular weight is 463 g/mol. The van der Waals surface area contributed by atoms with Gasteiger partial charge in [0.15, 0.2) is 0 Å². The summed E-state index contributed by atoms with van der Waals surface area (Å²) in [5.41, 5.74) is 4.03. The number of carbonyl (C=O) groups excluding carboxylic acids is 1. The third-order valence-electron chi connectivity index (χ3n) is 6.43. The molecule has 2 aromatic carbocycles. The van der Waals surface area contributed by atoms with E-state index in [9.17, 15) is 9.59 Å². The summed E-state index contributed by atoms with van der Waals surface area (Å²) >= 11 is 0. The molecule has 6 heteroatoms. The first kappa shape index (κ1) is 25.5. The second-order valence-corrected chi connectivity index (χ2v) is 10.4. The molecular formula is C28H38N4O2. The maximum absolute atomic E-state index is 13.1. The third kappa shape index (κ3) is 5.33. The Labute approximate surface area is 203 Å². The fourth-order valence-corrected chi connectivity index (χ4v) is 4.15. The molecule has 6 nitrogen and oxygen atoms in total. The molecule has 0 saturated carbocycles. The Morgan fingerprint density at radius 1 is 0.941 bits per heavy atom. The Morgan fingerprint density at radius 2 is 1.53 bits per heavy atom. The van der Waals surface area contributed by atoms with Gasteiger partial charge in [-0.15, -0.1) is 0 Å². The molecule has 2 atom stereocenters. The number of rotatable bonds is 7. The van der Waals surface area contributed by atoms with E-state index in [-0.39, 0.29) is 28.8 Å². The van der Waals surface area contributed by atoms with Crippen molar-refractivity contribution in [3.63, 3.8) is 0 Å². The van der Waals surface area contributed by atoms with Crippen molar-refractivity contribution < 1.29 is 4.79 Å². The van der Waals surface area contributed by atoms with Crippen molar-refractivity contribution in [1.82, 2.24) is 14.7 Å². The summed E-state index contributed by atoms with van der Waals surface area (Å²) in [6.07, 6.45) is 0. The van der Waals surface area contributed by atoms with Crippen LogP contribution in [0.15, 0.2) is 59.4 Å². The molecular weight excluding hydrogens is 424 g/mol. The first-order valence-corrected chi connectivity index (χ1v) is 11.9. The molecule has 34 heavy (non-hydrogen) atoms. The van der Waals surface area contributed by atoms with Gasteiger partial charge in [-0.1, -0.05) is 77.1 Å². The molecule has 3 aromatic rings. The molecule has 3 rings (SSSR count). The van der Waals surface area contributed by atoms with Gasteiger partial charge in [0.05, 0.1) is 17.4 Å². The van der Waals surface area contributed by atoms with Crippen molar-refractivity contribution in [3.8, 4) is 5.69 Å². The van der Waals surface area contributed by atoms with Gasteiger partial charge in [-0.3, -0.25) is 19.6 Å². The van der Waals surface area contributed by atoms with Crippen molar-refractivity contribution in [2.24, 2.45) is 13.0 Å². The number of hydrogen-bond acceptors (Lipinski definition) is 3. The molecule has 0 bridgehead atoms. The molecule has 1 heterocycles. The maximum atomic E-state index is 13.1. The van der Waals surface area contributed by atoms with Gasteiger partial charge in [0.1, 0.15) is 5.69 Å².